The Labute approximate surface area is 105 Å². The van der Waals surface area contributed by atoms with Gasteiger partial charge in [0.2, 0.25) is 0 Å². The summed E-state index contributed by atoms with van der Waals surface area (Å²) in [6, 6.07) is 6.90. The maximum Gasteiger partial charge on any atom is 0.314 e. The van der Waals surface area contributed by atoms with Crippen molar-refractivity contribution in [3.8, 4) is 11.8 Å². The lowest BCUT2D eigenvalue weighted by Gasteiger charge is -2.10. The number of carboxylic acid groups (broad SMARTS) is 1. The van der Waals surface area contributed by atoms with Crippen LogP contribution in [0.25, 0.3) is 0 Å². The van der Waals surface area contributed by atoms with Crippen LogP contribution in [0.4, 0.5) is 5.69 Å². The molecule has 1 aliphatic rings. The summed E-state index contributed by atoms with van der Waals surface area (Å²) < 4.78 is 0. The van der Waals surface area contributed by atoms with E-state index in [9.17, 15) is 9.59 Å². The number of anilines is 1. The zero-order valence-electron chi connectivity index (χ0n) is 9.99. The van der Waals surface area contributed by atoms with E-state index in [1.165, 1.54) is 0 Å². The van der Waals surface area contributed by atoms with Gasteiger partial charge in [-0.25, -0.2) is 0 Å². The van der Waals surface area contributed by atoms with Gasteiger partial charge in [-0.2, -0.15) is 0 Å². The molecule has 1 saturated carbocycles. The number of rotatable bonds is 3. The van der Waals surface area contributed by atoms with Crippen LogP contribution in [-0.4, -0.2) is 17.0 Å². The van der Waals surface area contributed by atoms with E-state index in [-0.39, 0.29) is 5.91 Å². The molecule has 0 saturated heterocycles. The first-order valence-electron chi connectivity index (χ1n) is 5.66. The van der Waals surface area contributed by atoms with Gasteiger partial charge in [0.25, 0.3) is 5.91 Å². The van der Waals surface area contributed by atoms with Crippen LogP contribution < -0.4 is 5.32 Å². The van der Waals surface area contributed by atoms with E-state index in [1.54, 1.807) is 31.2 Å². The van der Waals surface area contributed by atoms with Crippen molar-refractivity contribution in [1.29, 1.82) is 0 Å². The summed E-state index contributed by atoms with van der Waals surface area (Å²) in [7, 11) is 0. The van der Waals surface area contributed by atoms with Crippen molar-refractivity contribution in [2.24, 2.45) is 0 Å². The third kappa shape index (κ3) is 2.21. The molecule has 1 amide bonds. The molecule has 1 aromatic carbocycles. The molecular weight excluding hydrogens is 230 g/mol. The summed E-state index contributed by atoms with van der Waals surface area (Å²) in [5.74, 6) is 3.73. The Morgan fingerprint density at radius 3 is 2.33 bits per heavy atom. The standard InChI is InChI=1S/C14H13NO3/c1-2-3-12(16)15-11-6-4-10(5-7-11)14(8-9-14)13(17)18/h4-7H,8-9H2,1H3,(H,15,16)(H,17,18). The molecule has 2 rings (SSSR count). The van der Waals surface area contributed by atoms with E-state index in [2.05, 4.69) is 17.2 Å². The molecule has 0 atom stereocenters. The minimum absolute atomic E-state index is 0.371. The van der Waals surface area contributed by atoms with E-state index in [0.717, 1.165) is 5.56 Å². The van der Waals surface area contributed by atoms with Gasteiger partial charge in [0.15, 0.2) is 0 Å². The second kappa shape index (κ2) is 4.53. The van der Waals surface area contributed by atoms with Crippen molar-refractivity contribution >= 4 is 17.6 Å². The third-order valence-corrected chi connectivity index (χ3v) is 3.09. The zero-order valence-corrected chi connectivity index (χ0v) is 9.99. The smallest absolute Gasteiger partial charge is 0.314 e. The van der Waals surface area contributed by atoms with Gasteiger partial charge in [0.05, 0.1) is 5.41 Å². The molecule has 1 aliphatic carbocycles. The molecule has 0 aromatic heterocycles. The molecule has 92 valence electrons. The first-order valence-corrected chi connectivity index (χ1v) is 5.66. The fourth-order valence-electron chi connectivity index (χ4n) is 1.90. The van der Waals surface area contributed by atoms with Gasteiger partial charge in [0.1, 0.15) is 0 Å². The number of amides is 1. The minimum Gasteiger partial charge on any atom is -0.481 e. The summed E-state index contributed by atoms with van der Waals surface area (Å²) in [5, 5.41) is 11.8. The fraction of sp³-hybridized carbons (Fsp3) is 0.286. The topological polar surface area (TPSA) is 66.4 Å². The Kier molecular flexibility index (Phi) is 3.07. The minimum atomic E-state index is -0.781. The third-order valence-electron chi connectivity index (χ3n) is 3.09. The summed E-state index contributed by atoms with van der Waals surface area (Å²) >= 11 is 0. The normalized spacial score (nSPS) is 15.2. The Balaban J connectivity index is 2.13. The van der Waals surface area contributed by atoms with Crippen LogP contribution in [-0.2, 0) is 15.0 Å². The molecule has 0 bridgehead atoms. The molecule has 0 spiro atoms. The van der Waals surface area contributed by atoms with Crippen molar-refractivity contribution < 1.29 is 14.7 Å². The van der Waals surface area contributed by atoms with Crippen LogP contribution in [0.5, 0.6) is 0 Å². The monoisotopic (exact) mass is 243 g/mol. The SMILES string of the molecule is CC#CC(=O)Nc1ccc(C2(C(=O)O)CC2)cc1. The van der Waals surface area contributed by atoms with Crippen molar-refractivity contribution in [2.75, 3.05) is 5.32 Å². The van der Waals surface area contributed by atoms with Gasteiger partial charge in [-0.15, -0.1) is 0 Å². The summed E-state index contributed by atoms with van der Waals surface area (Å²) in [5.41, 5.74) is 0.702. The highest BCUT2D eigenvalue weighted by atomic mass is 16.4. The number of nitrogens with one attached hydrogen (secondary N) is 1. The highest BCUT2D eigenvalue weighted by Gasteiger charge is 2.51. The summed E-state index contributed by atoms with van der Waals surface area (Å²) in [6.07, 6.45) is 1.35. The first-order chi connectivity index (χ1) is 8.58. The van der Waals surface area contributed by atoms with E-state index in [1.807, 2.05) is 0 Å². The molecule has 0 aliphatic heterocycles. The number of hydrogen-bond acceptors (Lipinski definition) is 2. The number of hydrogen-bond donors (Lipinski definition) is 2. The maximum atomic E-state index is 11.2. The number of benzene rings is 1. The Morgan fingerprint density at radius 2 is 1.89 bits per heavy atom. The number of carbonyl (C=O) groups excluding carboxylic acids is 1. The summed E-state index contributed by atoms with van der Waals surface area (Å²) in [6.45, 7) is 1.59. The van der Waals surface area contributed by atoms with Gasteiger partial charge in [-0.3, -0.25) is 9.59 Å². The van der Waals surface area contributed by atoms with Crippen LogP contribution in [0, 0.1) is 11.8 Å². The lowest BCUT2D eigenvalue weighted by molar-refractivity contribution is -0.140. The Bertz CT molecular complexity index is 545. The molecule has 1 aromatic rings. The summed E-state index contributed by atoms with van der Waals surface area (Å²) in [4.78, 5) is 22.4. The predicted molar refractivity (Wildman–Crippen MR) is 67.1 cm³/mol. The van der Waals surface area contributed by atoms with Gasteiger partial charge in [0, 0.05) is 5.69 Å². The number of carbonyl (C=O) groups is 2. The first kappa shape index (κ1) is 12.2. The lowest BCUT2D eigenvalue weighted by atomic mass is 9.96. The highest BCUT2D eigenvalue weighted by molar-refractivity contribution is 6.03. The van der Waals surface area contributed by atoms with Gasteiger partial charge in [-0.1, -0.05) is 18.1 Å². The molecule has 4 nitrogen and oxygen atoms in total. The molecule has 18 heavy (non-hydrogen) atoms. The van der Waals surface area contributed by atoms with Gasteiger partial charge < -0.3 is 10.4 Å². The quantitative estimate of drug-likeness (QED) is 0.795. The van der Waals surface area contributed by atoms with Crippen molar-refractivity contribution in [2.45, 2.75) is 25.2 Å². The zero-order chi connectivity index (χ0) is 13.2. The van der Waals surface area contributed by atoms with Crippen molar-refractivity contribution in [3.05, 3.63) is 29.8 Å². The second-order valence-electron chi connectivity index (χ2n) is 4.29. The molecule has 2 N–H and O–H groups in total. The number of aliphatic carboxylic acids is 1. The van der Waals surface area contributed by atoms with E-state index < -0.39 is 11.4 Å². The van der Waals surface area contributed by atoms with Crippen LogP contribution in [0.1, 0.15) is 25.3 Å². The fourth-order valence-corrected chi connectivity index (χ4v) is 1.90. The average Bonchev–Trinajstić information content (AvgIpc) is 3.11. The predicted octanol–water partition coefficient (Wildman–Crippen LogP) is 1.76. The molecule has 4 heteroatoms. The highest BCUT2D eigenvalue weighted by Crippen LogP contribution is 2.48. The maximum absolute atomic E-state index is 11.2. The Morgan fingerprint density at radius 1 is 1.28 bits per heavy atom. The van der Waals surface area contributed by atoms with Gasteiger partial charge in [-0.05, 0) is 43.4 Å². The van der Waals surface area contributed by atoms with Crippen LogP contribution in [0.3, 0.4) is 0 Å². The Hall–Kier alpha value is -2.28. The second-order valence-corrected chi connectivity index (χ2v) is 4.29. The number of carboxylic acids is 1. The molecule has 1 fully saturated rings. The van der Waals surface area contributed by atoms with Crippen LogP contribution in [0.15, 0.2) is 24.3 Å². The van der Waals surface area contributed by atoms with E-state index in [0.29, 0.717) is 18.5 Å². The molecule has 0 heterocycles. The van der Waals surface area contributed by atoms with Crippen molar-refractivity contribution in [3.63, 3.8) is 0 Å². The van der Waals surface area contributed by atoms with E-state index in [4.69, 9.17) is 5.11 Å². The van der Waals surface area contributed by atoms with Crippen molar-refractivity contribution in [1.82, 2.24) is 0 Å². The lowest BCUT2D eigenvalue weighted by Crippen LogP contribution is -2.19. The van der Waals surface area contributed by atoms with Crippen LogP contribution in [0.2, 0.25) is 0 Å². The van der Waals surface area contributed by atoms with Gasteiger partial charge >= 0.3 is 5.97 Å². The van der Waals surface area contributed by atoms with Crippen LogP contribution >= 0.6 is 0 Å². The molecular formula is C14H13NO3. The molecule has 0 unspecified atom stereocenters. The average molecular weight is 243 g/mol. The largest absolute Gasteiger partial charge is 0.481 e. The molecule has 0 radical (unpaired) electrons. The van der Waals surface area contributed by atoms with E-state index >= 15 is 0 Å².